The normalized spacial score (nSPS) is 16.1. The van der Waals surface area contributed by atoms with Gasteiger partial charge in [-0.1, -0.05) is 13.8 Å². The average Bonchev–Trinajstić information content (AvgIpc) is 3.14. The van der Waals surface area contributed by atoms with Gasteiger partial charge in [-0.05, 0) is 52.0 Å². The molecular weight excluding hydrogens is 312 g/mol. The third-order valence-corrected chi connectivity index (χ3v) is 3.98. The van der Waals surface area contributed by atoms with E-state index in [0.29, 0.717) is 24.1 Å². The first-order valence-corrected chi connectivity index (χ1v) is 8.33. The van der Waals surface area contributed by atoms with E-state index in [0.717, 1.165) is 6.42 Å². The molecule has 23 heavy (non-hydrogen) atoms. The lowest BCUT2D eigenvalue weighted by atomic mass is 10.0. The summed E-state index contributed by atoms with van der Waals surface area (Å²) < 4.78 is 2.01. The van der Waals surface area contributed by atoms with Gasteiger partial charge in [0.2, 0.25) is 0 Å². The molecule has 1 aromatic rings. The molecule has 5 nitrogen and oxygen atoms in total. The molecule has 1 amide bonds. The van der Waals surface area contributed by atoms with Crippen molar-refractivity contribution in [2.75, 3.05) is 6.54 Å². The molecule has 0 spiro atoms. The summed E-state index contributed by atoms with van der Waals surface area (Å²) in [5, 5.41) is 7.60. The number of amides is 1. The van der Waals surface area contributed by atoms with Crippen LogP contribution in [0.5, 0.6) is 0 Å². The van der Waals surface area contributed by atoms with Crippen LogP contribution in [0.25, 0.3) is 0 Å². The van der Waals surface area contributed by atoms with Gasteiger partial charge in [-0.15, -0.1) is 12.4 Å². The van der Waals surface area contributed by atoms with Gasteiger partial charge in [0.1, 0.15) is 5.69 Å². The van der Waals surface area contributed by atoms with Gasteiger partial charge < -0.3 is 11.1 Å². The number of aromatic nitrogens is 2. The monoisotopic (exact) mass is 342 g/mol. The molecule has 132 valence electrons. The first-order valence-electron chi connectivity index (χ1n) is 8.33. The van der Waals surface area contributed by atoms with Gasteiger partial charge in [0.25, 0.3) is 5.91 Å². The lowest BCUT2D eigenvalue weighted by Crippen LogP contribution is -2.41. The molecule has 6 heteroatoms. The fourth-order valence-corrected chi connectivity index (χ4v) is 2.76. The maximum atomic E-state index is 12.5. The molecule has 1 unspecified atom stereocenters. The summed E-state index contributed by atoms with van der Waals surface area (Å²) in [6.07, 6.45) is 3.28. The minimum Gasteiger partial charge on any atom is -0.347 e. The maximum absolute atomic E-state index is 12.5. The molecule has 1 aromatic heterocycles. The largest absolute Gasteiger partial charge is 0.347 e. The quantitative estimate of drug-likeness (QED) is 0.834. The molecule has 1 aliphatic carbocycles. The molecule has 2 rings (SSSR count). The average molecular weight is 343 g/mol. The van der Waals surface area contributed by atoms with Crippen molar-refractivity contribution in [2.45, 2.75) is 71.4 Å². The molecule has 1 heterocycles. The SMILES string of the molecule is CC(C)CC(CN)NC(=O)c1cc(C2CC2)n(C(C)(C)C)n1.Cl. The first-order chi connectivity index (χ1) is 10.2. The number of carbonyl (C=O) groups is 1. The second kappa shape index (κ2) is 7.67. The van der Waals surface area contributed by atoms with Gasteiger partial charge in [-0.3, -0.25) is 9.48 Å². The van der Waals surface area contributed by atoms with Crippen LogP contribution in [0.3, 0.4) is 0 Å². The Kier molecular flexibility index (Phi) is 6.66. The fourth-order valence-electron chi connectivity index (χ4n) is 2.76. The standard InChI is InChI=1S/C17H30N4O.ClH/c1-11(2)8-13(10-18)19-16(22)14-9-15(12-6-7-12)21(20-14)17(3,4)5;/h9,11-13H,6-8,10,18H2,1-5H3,(H,19,22);1H. The molecule has 0 bridgehead atoms. The van der Waals surface area contributed by atoms with E-state index in [4.69, 9.17) is 5.73 Å². The highest BCUT2D eigenvalue weighted by Crippen LogP contribution is 2.41. The van der Waals surface area contributed by atoms with Crippen LogP contribution in [0.2, 0.25) is 0 Å². The van der Waals surface area contributed by atoms with E-state index in [9.17, 15) is 4.79 Å². The van der Waals surface area contributed by atoms with Crippen LogP contribution in [0.1, 0.15) is 76.0 Å². The second-order valence-electron chi connectivity index (χ2n) is 7.85. The van der Waals surface area contributed by atoms with Crippen LogP contribution in [-0.4, -0.2) is 28.3 Å². The number of halogens is 1. The summed E-state index contributed by atoms with van der Waals surface area (Å²) in [6.45, 7) is 11.1. The van der Waals surface area contributed by atoms with Crippen molar-refractivity contribution in [3.8, 4) is 0 Å². The Bertz CT molecular complexity index is 529. The zero-order valence-corrected chi connectivity index (χ0v) is 15.7. The van der Waals surface area contributed by atoms with E-state index in [1.165, 1.54) is 18.5 Å². The predicted octanol–water partition coefficient (Wildman–Crippen LogP) is 3.04. The molecule has 1 atom stereocenters. The van der Waals surface area contributed by atoms with E-state index in [1.807, 2.05) is 10.7 Å². The van der Waals surface area contributed by atoms with Crippen molar-refractivity contribution in [1.29, 1.82) is 0 Å². The van der Waals surface area contributed by atoms with Crippen LogP contribution in [0, 0.1) is 5.92 Å². The van der Waals surface area contributed by atoms with E-state index in [1.54, 1.807) is 0 Å². The highest BCUT2D eigenvalue weighted by molar-refractivity contribution is 5.92. The summed E-state index contributed by atoms with van der Waals surface area (Å²) in [5.41, 5.74) is 7.36. The third kappa shape index (κ3) is 5.21. The zero-order valence-electron chi connectivity index (χ0n) is 14.9. The van der Waals surface area contributed by atoms with Crippen LogP contribution < -0.4 is 11.1 Å². The topological polar surface area (TPSA) is 72.9 Å². The third-order valence-electron chi connectivity index (χ3n) is 3.98. The van der Waals surface area contributed by atoms with Gasteiger partial charge >= 0.3 is 0 Å². The van der Waals surface area contributed by atoms with E-state index < -0.39 is 0 Å². The fraction of sp³-hybridized carbons (Fsp3) is 0.765. The van der Waals surface area contributed by atoms with Crippen LogP contribution >= 0.6 is 12.4 Å². The number of carbonyl (C=O) groups excluding carboxylic acids is 1. The Morgan fingerprint density at radius 1 is 1.43 bits per heavy atom. The van der Waals surface area contributed by atoms with Crippen LogP contribution in [0.15, 0.2) is 6.07 Å². The van der Waals surface area contributed by atoms with E-state index >= 15 is 0 Å². The van der Waals surface area contributed by atoms with Crippen LogP contribution in [-0.2, 0) is 5.54 Å². The molecular formula is C17H31ClN4O. The zero-order chi connectivity index (χ0) is 16.5. The van der Waals surface area contributed by atoms with Crippen molar-refractivity contribution in [2.24, 2.45) is 11.7 Å². The molecule has 0 aliphatic heterocycles. The molecule has 0 radical (unpaired) electrons. The Balaban J connectivity index is 0.00000264. The Hall–Kier alpha value is -1.07. The number of hydrogen-bond donors (Lipinski definition) is 2. The van der Waals surface area contributed by atoms with Crippen molar-refractivity contribution in [1.82, 2.24) is 15.1 Å². The summed E-state index contributed by atoms with van der Waals surface area (Å²) in [5.74, 6) is 0.957. The minimum atomic E-state index is -0.110. The van der Waals surface area contributed by atoms with Gasteiger partial charge in [-0.2, -0.15) is 5.10 Å². The number of nitrogens with two attached hydrogens (primary N) is 1. The van der Waals surface area contributed by atoms with E-state index in [-0.39, 0.29) is 29.9 Å². The number of nitrogens with zero attached hydrogens (tertiary/aromatic N) is 2. The van der Waals surface area contributed by atoms with Gasteiger partial charge in [0, 0.05) is 24.2 Å². The van der Waals surface area contributed by atoms with Gasteiger partial charge in [-0.25, -0.2) is 0 Å². The molecule has 0 saturated heterocycles. The van der Waals surface area contributed by atoms with Crippen molar-refractivity contribution in [3.63, 3.8) is 0 Å². The van der Waals surface area contributed by atoms with Gasteiger partial charge in [0.05, 0.1) is 5.54 Å². The second-order valence-corrected chi connectivity index (χ2v) is 7.85. The van der Waals surface area contributed by atoms with Crippen LogP contribution in [0.4, 0.5) is 0 Å². The predicted molar refractivity (Wildman–Crippen MR) is 96.2 cm³/mol. The first kappa shape index (κ1) is 20.0. The smallest absolute Gasteiger partial charge is 0.272 e. The summed E-state index contributed by atoms with van der Waals surface area (Å²) in [7, 11) is 0. The van der Waals surface area contributed by atoms with Crippen molar-refractivity contribution in [3.05, 3.63) is 17.5 Å². The number of hydrogen-bond acceptors (Lipinski definition) is 3. The Morgan fingerprint density at radius 2 is 2.04 bits per heavy atom. The molecule has 3 N–H and O–H groups in total. The highest BCUT2D eigenvalue weighted by Gasteiger charge is 2.32. The summed E-state index contributed by atoms with van der Waals surface area (Å²) in [4.78, 5) is 12.5. The lowest BCUT2D eigenvalue weighted by molar-refractivity contribution is 0.0927. The van der Waals surface area contributed by atoms with Gasteiger partial charge in [0.15, 0.2) is 0 Å². The molecule has 0 aromatic carbocycles. The van der Waals surface area contributed by atoms with E-state index in [2.05, 4.69) is 45.0 Å². The Morgan fingerprint density at radius 3 is 2.48 bits per heavy atom. The molecule has 1 aliphatic rings. The van der Waals surface area contributed by atoms with Crippen molar-refractivity contribution < 1.29 is 4.79 Å². The molecule has 1 fully saturated rings. The maximum Gasteiger partial charge on any atom is 0.272 e. The highest BCUT2D eigenvalue weighted by atomic mass is 35.5. The minimum absolute atomic E-state index is 0. The Labute approximate surface area is 145 Å². The molecule has 1 saturated carbocycles. The van der Waals surface area contributed by atoms with Crippen molar-refractivity contribution >= 4 is 18.3 Å². The number of nitrogens with one attached hydrogen (secondary N) is 1. The lowest BCUT2D eigenvalue weighted by Gasteiger charge is -2.22. The number of rotatable bonds is 6. The summed E-state index contributed by atoms with van der Waals surface area (Å²) in [6, 6.07) is 1.97. The summed E-state index contributed by atoms with van der Waals surface area (Å²) >= 11 is 0.